The molecule has 1 aromatic heterocycles. The predicted octanol–water partition coefficient (Wildman–Crippen LogP) is 4.00. The third-order valence-corrected chi connectivity index (χ3v) is 3.85. The van der Waals surface area contributed by atoms with E-state index in [9.17, 15) is 4.79 Å². The van der Waals surface area contributed by atoms with E-state index in [2.05, 4.69) is 28.9 Å². The fourth-order valence-electron chi connectivity index (χ4n) is 2.56. The Balaban J connectivity index is 2.54. The van der Waals surface area contributed by atoms with Gasteiger partial charge in [0, 0.05) is 24.8 Å². The zero-order valence-corrected chi connectivity index (χ0v) is 14.1. The van der Waals surface area contributed by atoms with E-state index in [-0.39, 0.29) is 6.42 Å². The summed E-state index contributed by atoms with van der Waals surface area (Å²) in [6.45, 7) is 6.44. The molecule has 1 rings (SSSR count). The van der Waals surface area contributed by atoms with Gasteiger partial charge in [0.15, 0.2) is 5.82 Å². The molecule has 1 heterocycles. The van der Waals surface area contributed by atoms with Crippen molar-refractivity contribution in [3.8, 4) is 0 Å². The average molecular weight is 309 g/mol. The summed E-state index contributed by atoms with van der Waals surface area (Å²) in [5, 5.41) is 16.0. The largest absolute Gasteiger partial charge is 0.481 e. The average Bonchev–Trinajstić information content (AvgIpc) is 2.93. The molecule has 0 aliphatic heterocycles. The standard InChI is InChI=1S/C17H31N3O2/c1-3-5-7-9-11-20(12-10-8-6-4-2)16-13-15(18-19-16)14-17(21)22/h13H,3-12,14H2,1-2H3,(H,18,19)(H,21,22). The van der Waals surface area contributed by atoms with Gasteiger partial charge in [-0.3, -0.25) is 9.89 Å². The number of carboxylic acids is 1. The van der Waals surface area contributed by atoms with Crippen LogP contribution in [0.5, 0.6) is 0 Å². The maximum absolute atomic E-state index is 10.8. The molecule has 0 atom stereocenters. The lowest BCUT2D eigenvalue weighted by atomic mass is 10.1. The minimum absolute atomic E-state index is 0.00646. The number of aromatic amines is 1. The number of aliphatic carboxylic acids is 1. The summed E-state index contributed by atoms with van der Waals surface area (Å²) < 4.78 is 0. The van der Waals surface area contributed by atoms with Crippen molar-refractivity contribution < 1.29 is 9.90 Å². The molecule has 0 unspecified atom stereocenters. The van der Waals surface area contributed by atoms with Gasteiger partial charge in [-0.2, -0.15) is 5.10 Å². The van der Waals surface area contributed by atoms with E-state index in [0.29, 0.717) is 5.69 Å². The highest BCUT2D eigenvalue weighted by Crippen LogP contribution is 2.16. The third kappa shape index (κ3) is 7.48. The Hall–Kier alpha value is -1.52. The molecule has 0 fully saturated rings. The van der Waals surface area contributed by atoms with Gasteiger partial charge in [-0.15, -0.1) is 0 Å². The smallest absolute Gasteiger partial charge is 0.309 e. The van der Waals surface area contributed by atoms with Crippen LogP contribution in [0, 0.1) is 0 Å². The molecule has 22 heavy (non-hydrogen) atoms. The van der Waals surface area contributed by atoms with E-state index in [4.69, 9.17) is 5.11 Å². The molecule has 2 N–H and O–H groups in total. The summed E-state index contributed by atoms with van der Waals surface area (Å²) in [5.41, 5.74) is 0.676. The number of anilines is 1. The molecular weight excluding hydrogens is 278 g/mol. The van der Waals surface area contributed by atoms with E-state index < -0.39 is 5.97 Å². The second-order valence-corrected chi connectivity index (χ2v) is 5.93. The normalized spacial score (nSPS) is 10.8. The van der Waals surface area contributed by atoms with Gasteiger partial charge in [-0.25, -0.2) is 0 Å². The van der Waals surface area contributed by atoms with Crippen LogP contribution in [0.4, 0.5) is 5.82 Å². The van der Waals surface area contributed by atoms with Crippen molar-refractivity contribution in [1.29, 1.82) is 0 Å². The Morgan fingerprint density at radius 3 is 2.18 bits per heavy atom. The molecule has 0 bridgehead atoms. The maximum Gasteiger partial charge on any atom is 0.309 e. The van der Waals surface area contributed by atoms with E-state index in [1.54, 1.807) is 0 Å². The van der Waals surface area contributed by atoms with Gasteiger partial charge < -0.3 is 10.0 Å². The number of rotatable bonds is 13. The van der Waals surface area contributed by atoms with Gasteiger partial charge in [0.1, 0.15) is 0 Å². The number of hydrogen-bond acceptors (Lipinski definition) is 3. The van der Waals surface area contributed by atoms with Crippen molar-refractivity contribution in [3.05, 3.63) is 11.8 Å². The van der Waals surface area contributed by atoms with Gasteiger partial charge in [-0.1, -0.05) is 52.4 Å². The lowest BCUT2D eigenvalue weighted by Gasteiger charge is -2.22. The van der Waals surface area contributed by atoms with Crippen LogP contribution in [0.2, 0.25) is 0 Å². The van der Waals surface area contributed by atoms with Crippen LogP contribution in [-0.4, -0.2) is 34.4 Å². The van der Waals surface area contributed by atoms with Crippen molar-refractivity contribution in [3.63, 3.8) is 0 Å². The molecule has 0 spiro atoms. The molecule has 5 heteroatoms. The first-order chi connectivity index (χ1) is 10.7. The van der Waals surface area contributed by atoms with Crippen LogP contribution in [0.3, 0.4) is 0 Å². The van der Waals surface area contributed by atoms with Crippen molar-refractivity contribution in [2.75, 3.05) is 18.0 Å². The Labute approximate surface area is 134 Å². The number of H-pyrrole nitrogens is 1. The van der Waals surface area contributed by atoms with E-state index in [1.165, 1.54) is 51.4 Å². The quantitative estimate of drug-likeness (QED) is 0.540. The molecule has 126 valence electrons. The molecule has 0 saturated carbocycles. The summed E-state index contributed by atoms with van der Waals surface area (Å²) in [4.78, 5) is 13.1. The van der Waals surface area contributed by atoms with Gasteiger partial charge >= 0.3 is 5.97 Å². The van der Waals surface area contributed by atoms with E-state index in [1.807, 2.05) is 6.07 Å². The highest BCUT2D eigenvalue weighted by molar-refractivity contribution is 5.69. The van der Waals surface area contributed by atoms with Crippen LogP contribution in [0.15, 0.2) is 6.07 Å². The molecule has 0 amide bonds. The third-order valence-electron chi connectivity index (χ3n) is 3.85. The molecule has 1 aromatic rings. The zero-order valence-electron chi connectivity index (χ0n) is 14.1. The fraction of sp³-hybridized carbons (Fsp3) is 0.765. The molecule has 0 aromatic carbocycles. The first-order valence-corrected chi connectivity index (χ1v) is 8.68. The van der Waals surface area contributed by atoms with Crippen molar-refractivity contribution >= 4 is 11.8 Å². The van der Waals surface area contributed by atoms with Gasteiger partial charge in [0.25, 0.3) is 0 Å². The van der Waals surface area contributed by atoms with Crippen LogP contribution < -0.4 is 4.90 Å². The summed E-state index contributed by atoms with van der Waals surface area (Å²) in [6, 6.07) is 1.88. The molecule has 0 aliphatic rings. The Kier molecular flexibility index (Phi) is 9.35. The van der Waals surface area contributed by atoms with Crippen molar-refractivity contribution in [2.45, 2.75) is 71.6 Å². The molecule has 0 aliphatic carbocycles. The second-order valence-electron chi connectivity index (χ2n) is 5.93. The number of carbonyl (C=O) groups is 1. The van der Waals surface area contributed by atoms with Crippen LogP contribution in [0.1, 0.15) is 70.9 Å². The summed E-state index contributed by atoms with van der Waals surface area (Å²) in [5.74, 6) is 0.0666. The van der Waals surface area contributed by atoms with Gasteiger partial charge in [0.05, 0.1) is 6.42 Å². The molecule has 0 radical (unpaired) electrons. The van der Waals surface area contributed by atoms with Gasteiger partial charge in [0.2, 0.25) is 0 Å². The Bertz CT molecular complexity index is 406. The predicted molar refractivity (Wildman–Crippen MR) is 90.4 cm³/mol. The summed E-state index contributed by atoms with van der Waals surface area (Å²) in [7, 11) is 0. The number of aromatic nitrogens is 2. The summed E-state index contributed by atoms with van der Waals surface area (Å²) in [6.07, 6.45) is 9.85. The Morgan fingerprint density at radius 2 is 1.68 bits per heavy atom. The van der Waals surface area contributed by atoms with Gasteiger partial charge in [-0.05, 0) is 12.8 Å². The highest BCUT2D eigenvalue weighted by Gasteiger charge is 2.11. The van der Waals surface area contributed by atoms with Crippen LogP contribution in [-0.2, 0) is 11.2 Å². The molecule has 5 nitrogen and oxygen atoms in total. The SMILES string of the molecule is CCCCCCN(CCCCCC)c1cc(CC(=O)O)[nH]n1. The zero-order chi connectivity index (χ0) is 16.2. The minimum Gasteiger partial charge on any atom is -0.481 e. The van der Waals surface area contributed by atoms with E-state index >= 15 is 0 Å². The number of nitrogens with one attached hydrogen (secondary N) is 1. The fourth-order valence-corrected chi connectivity index (χ4v) is 2.56. The molecular formula is C17H31N3O2. The van der Waals surface area contributed by atoms with E-state index in [0.717, 1.165) is 18.9 Å². The lowest BCUT2D eigenvalue weighted by molar-refractivity contribution is -0.136. The number of unbranched alkanes of at least 4 members (excludes halogenated alkanes) is 6. The van der Waals surface area contributed by atoms with Crippen LogP contribution in [0.25, 0.3) is 0 Å². The summed E-state index contributed by atoms with van der Waals surface area (Å²) >= 11 is 0. The van der Waals surface area contributed by atoms with Crippen molar-refractivity contribution in [1.82, 2.24) is 10.2 Å². The first-order valence-electron chi connectivity index (χ1n) is 8.68. The number of carboxylic acid groups (broad SMARTS) is 1. The van der Waals surface area contributed by atoms with Crippen LogP contribution >= 0.6 is 0 Å². The molecule has 0 saturated heterocycles. The monoisotopic (exact) mass is 309 g/mol. The number of nitrogens with zero attached hydrogens (tertiary/aromatic N) is 2. The maximum atomic E-state index is 10.8. The second kappa shape index (κ2) is 11.1. The number of hydrogen-bond donors (Lipinski definition) is 2. The first kappa shape index (κ1) is 18.5. The topological polar surface area (TPSA) is 69.2 Å². The van der Waals surface area contributed by atoms with Crippen molar-refractivity contribution in [2.24, 2.45) is 0 Å². The Morgan fingerprint density at radius 1 is 1.09 bits per heavy atom. The highest BCUT2D eigenvalue weighted by atomic mass is 16.4. The lowest BCUT2D eigenvalue weighted by Crippen LogP contribution is -2.26. The minimum atomic E-state index is -0.826.